The maximum atomic E-state index is 10.3. The Morgan fingerprint density at radius 2 is 0.920 bits per heavy atom. The van der Waals surface area contributed by atoms with Crippen molar-refractivity contribution in [2.75, 3.05) is 107 Å². The van der Waals surface area contributed by atoms with Gasteiger partial charge >= 0.3 is 0 Å². The molecule has 0 aliphatic heterocycles. The molecule has 50 heavy (non-hydrogen) atoms. The van der Waals surface area contributed by atoms with Crippen molar-refractivity contribution >= 4 is 12.2 Å². The molecule has 284 valence electrons. The van der Waals surface area contributed by atoms with Crippen LogP contribution in [0.25, 0.3) is 12.2 Å². The Bertz CT molecular complexity index is 1130. The van der Waals surface area contributed by atoms with Gasteiger partial charge in [0.15, 0.2) is 0 Å². The van der Waals surface area contributed by atoms with E-state index in [0.717, 1.165) is 11.1 Å². The molecule has 15 nitrogen and oxygen atoms in total. The van der Waals surface area contributed by atoms with Crippen molar-refractivity contribution in [2.45, 2.75) is 18.3 Å². The van der Waals surface area contributed by atoms with Crippen molar-refractivity contribution < 1.29 is 74.0 Å². The van der Waals surface area contributed by atoms with Gasteiger partial charge in [-0.2, -0.15) is 0 Å². The van der Waals surface area contributed by atoms with Gasteiger partial charge in [0.1, 0.15) is 42.2 Å². The van der Waals surface area contributed by atoms with Gasteiger partial charge in [-0.25, -0.2) is 0 Å². The Morgan fingerprint density at radius 1 is 0.500 bits per heavy atom. The molecule has 0 saturated heterocycles. The fourth-order valence-corrected chi connectivity index (χ4v) is 4.41. The summed E-state index contributed by atoms with van der Waals surface area (Å²) >= 11 is 0. The SMILES string of the molecule is COc1cc(/C=C/c2ccc(OCC(CO)(CO)COCC(COC(CO)CO)(COC(CO)CO)COC(CO)CO)cc2)cc(OC)c1. The van der Waals surface area contributed by atoms with E-state index in [1.807, 2.05) is 36.4 Å². The zero-order valence-electron chi connectivity index (χ0n) is 28.8. The van der Waals surface area contributed by atoms with Crippen LogP contribution in [0, 0.1) is 10.8 Å². The van der Waals surface area contributed by atoms with E-state index in [0.29, 0.717) is 17.2 Å². The topological polar surface area (TPSA) is 226 Å². The van der Waals surface area contributed by atoms with Crippen LogP contribution in [0.3, 0.4) is 0 Å². The summed E-state index contributed by atoms with van der Waals surface area (Å²) < 4.78 is 39.7. The maximum Gasteiger partial charge on any atom is 0.123 e. The summed E-state index contributed by atoms with van der Waals surface area (Å²) in [6.07, 6.45) is 0.958. The minimum absolute atomic E-state index is 0.124. The predicted octanol–water partition coefficient (Wildman–Crippen LogP) is -0.664. The van der Waals surface area contributed by atoms with Gasteiger partial charge in [0, 0.05) is 6.07 Å². The number of methoxy groups -OCH3 is 2. The van der Waals surface area contributed by atoms with Crippen LogP contribution >= 0.6 is 0 Å². The van der Waals surface area contributed by atoms with Crippen molar-refractivity contribution in [3.05, 3.63) is 53.6 Å². The Balaban J connectivity index is 2.16. The molecule has 0 saturated carbocycles. The fourth-order valence-electron chi connectivity index (χ4n) is 4.41. The molecule has 0 fully saturated rings. The van der Waals surface area contributed by atoms with Crippen molar-refractivity contribution in [3.63, 3.8) is 0 Å². The second-order valence-electron chi connectivity index (χ2n) is 12.0. The molecule has 0 bridgehead atoms. The highest BCUT2D eigenvalue weighted by Crippen LogP contribution is 2.27. The Kier molecular flexibility index (Phi) is 20.4. The third-order valence-electron chi connectivity index (χ3n) is 7.85. The first-order chi connectivity index (χ1) is 24.2. The summed E-state index contributed by atoms with van der Waals surface area (Å²) in [5.74, 6) is 1.82. The van der Waals surface area contributed by atoms with Gasteiger partial charge < -0.3 is 74.0 Å². The van der Waals surface area contributed by atoms with Crippen LogP contribution in [-0.2, 0) is 18.9 Å². The first kappa shape index (κ1) is 43.3. The average Bonchev–Trinajstić information content (AvgIpc) is 3.16. The van der Waals surface area contributed by atoms with Crippen LogP contribution in [0.5, 0.6) is 17.2 Å². The van der Waals surface area contributed by atoms with Crippen LogP contribution in [-0.4, -0.2) is 166 Å². The second-order valence-corrected chi connectivity index (χ2v) is 12.0. The molecule has 0 heterocycles. The molecule has 0 aliphatic carbocycles. The third kappa shape index (κ3) is 14.4. The molecule has 0 radical (unpaired) electrons. The summed E-state index contributed by atoms with van der Waals surface area (Å²) in [5, 5.41) is 77.9. The molecule has 2 rings (SSSR count). The number of benzene rings is 2. The normalized spacial score (nSPS) is 12.5. The Labute approximate surface area is 292 Å². The van der Waals surface area contributed by atoms with Crippen molar-refractivity contribution in [3.8, 4) is 17.2 Å². The molecule has 2 aromatic rings. The van der Waals surface area contributed by atoms with Crippen molar-refractivity contribution in [1.29, 1.82) is 0 Å². The molecule has 8 N–H and O–H groups in total. The standard InChI is InChI=1S/C35H54O15/c1-44-29-9-27(10-30(11-29)45-2)4-3-26-5-7-28(8-6-26)47-22-34(18-42,19-43)20-46-21-35(23-48-31(12-36)13-37,24-49-32(14-38)15-39)25-50-33(16-40)17-41/h3-11,31-33,36-43H,12-25H2,1-2H3/b4-3+. The van der Waals surface area contributed by atoms with E-state index in [1.54, 1.807) is 32.4 Å². The molecule has 0 spiro atoms. The predicted molar refractivity (Wildman–Crippen MR) is 182 cm³/mol. The number of rotatable bonds is 28. The van der Waals surface area contributed by atoms with Gasteiger partial charge in [-0.15, -0.1) is 0 Å². The van der Waals surface area contributed by atoms with Crippen LogP contribution in [0.1, 0.15) is 11.1 Å². The van der Waals surface area contributed by atoms with Crippen LogP contribution in [0.4, 0.5) is 0 Å². The van der Waals surface area contributed by atoms with Crippen molar-refractivity contribution in [2.24, 2.45) is 10.8 Å². The van der Waals surface area contributed by atoms with Gasteiger partial charge in [0.2, 0.25) is 0 Å². The van der Waals surface area contributed by atoms with Crippen LogP contribution in [0.2, 0.25) is 0 Å². The zero-order chi connectivity index (χ0) is 36.8. The van der Waals surface area contributed by atoms with E-state index >= 15 is 0 Å². The quantitative estimate of drug-likeness (QED) is 0.0512. The van der Waals surface area contributed by atoms with Crippen LogP contribution in [0.15, 0.2) is 42.5 Å². The Morgan fingerprint density at radius 3 is 1.32 bits per heavy atom. The van der Waals surface area contributed by atoms with E-state index in [9.17, 15) is 40.9 Å². The number of hydrogen-bond acceptors (Lipinski definition) is 15. The van der Waals surface area contributed by atoms with Crippen molar-refractivity contribution in [1.82, 2.24) is 0 Å². The molecule has 2 aromatic carbocycles. The lowest BCUT2D eigenvalue weighted by atomic mass is 9.90. The third-order valence-corrected chi connectivity index (χ3v) is 7.85. The molecule has 0 amide bonds. The number of aliphatic hydroxyl groups excluding tert-OH is 8. The van der Waals surface area contributed by atoms with Gasteiger partial charge in [0.25, 0.3) is 0 Å². The largest absolute Gasteiger partial charge is 0.497 e. The molecular formula is C35H54O15. The first-order valence-corrected chi connectivity index (χ1v) is 16.1. The Hall–Kier alpha value is -2.90. The highest BCUT2D eigenvalue weighted by atomic mass is 16.5. The van der Waals surface area contributed by atoms with Gasteiger partial charge in [-0.1, -0.05) is 24.3 Å². The molecular weight excluding hydrogens is 660 g/mol. The highest BCUT2D eigenvalue weighted by molar-refractivity contribution is 5.71. The number of hydrogen-bond donors (Lipinski definition) is 8. The minimum Gasteiger partial charge on any atom is -0.497 e. The van der Waals surface area contributed by atoms with Gasteiger partial charge in [-0.3, -0.25) is 0 Å². The lowest BCUT2D eigenvalue weighted by Gasteiger charge is -2.37. The first-order valence-electron chi connectivity index (χ1n) is 16.1. The summed E-state index contributed by atoms with van der Waals surface area (Å²) in [6.45, 7) is -5.18. The molecule has 0 aromatic heterocycles. The van der Waals surface area contributed by atoms with E-state index in [4.69, 9.17) is 33.2 Å². The highest BCUT2D eigenvalue weighted by Gasteiger charge is 2.38. The average molecular weight is 715 g/mol. The minimum atomic E-state index is -1.26. The number of aliphatic hydroxyl groups is 8. The molecule has 0 atom stereocenters. The van der Waals surface area contributed by atoms with Crippen LogP contribution < -0.4 is 14.2 Å². The van der Waals surface area contributed by atoms with Gasteiger partial charge in [0.05, 0.1) is 111 Å². The maximum absolute atomic E-state index is 10.3. The fraction of sp³-hybridized carbons (Fsp3) is 0.600. The van der Waals surface area contributed by atoms with E-state index in [1.165, 1.54) is 0 Å². The van der Waals surface area contributed by atoms with E-state index < -0.39 is 82.0 Å². The summed E-state index contributed by atoms with van der Waals surface area (Å²) in [6, 6.07) is 12.7. The molecule has 0 unspecified atom stereocenters. The lowest BCUT2D eigenvalue weighted by molar-refractivity contribution is -0.168. The molecule has 15 heteroatoms. The number of ether oxygens (including phenoxy) is 7. The monoisotopic (exact) mass is 714 g/mol. The smallest absolute Gasteiger partial charge is 0.123 e. The summed E-state index contributed by atoms with van der Waals surface area (Å²) in [7, 11) is 3.17. The lowest BCUT2D eigenvalue weighted by Crippen LogP contribution is -2.48. The van der Waals surface area contributed by atoms with E-state index in [-0.39, 0.29) is 39.6 Å². The zero-order valence-corrected chi connectivity index (χ0v) is 28.8. The molecule has 0 aliphatic rings. The summed E-state index contributed by atoms with van der Waals surface area (Å²) in [4.78, 5) is 0. The van der Waals surface area contributed by atoms with E-state index in [2.05, 4.69) is 0 Å². The van der Waals surface area contributed by atoms with Gasteiger partial charge in [-0.05, 0) is 35.4 Å². The second kappa shape index (κ2) is 23.6. The summed E-state index contributed by atoms with van der Waals surface area (Å²) in [5.41, 5.74) is -0.713.